The average Bonchev–Trinajstić information content (AvgIpc) is 3.16. The second-order valence-corrected chi connectivity index (χ2v) is 9.23. The van der Waals surface area contributed by atoms with Crippen molar-refractivity contribution in [1.29, 1.82) is 0 Å². The Kier molecular flexibility index (Phi) is 7.21. The lowest BCUT2D eigenvalue weighted by Gasteiger charge is -2.29. The molecule has 0 aromatic heterocycles. The van der Waals surface area contributed by atoms with Crippen LogP contribution in [0.2, 0.25) is 5.02 Å². The maximum atomic E-state index is 13.3. The van der Waals surface area contributed by atoms with Gasteiger partial charge in [0.1, 0.15) is 11.4 Å². The van der Waals surface area contributed by atoms with Crippen LogP contribution in [0.1, 0.15) is 40.7 Å². The lowest BCUT2D eigenvalue weighted by atomic mass is 10.1. The van der Waals surface area contributed by atoms with Gasteiger partial charge in [0.05, 0.1) is 5.56 Å². The minimum absolute atomic E-state index is 0.240. The lowest BCUT2D eigenvalue weighted by molar-refractivity contribution is -0.137. The smallest absolute Gasteiger partial charge is 0.354 e. The molecule has 31 heavy (non-hydrogen) atoms. The van der Waals surface area contributed by atoms with Crippen molar-refractivity contribution in [2.24, 2.45) is 5.92 Å². The summed E-state index contributed by atoms with van der Waals surface area (Å²) in [6.45, 7) is 4.39. The number of thioether (sulfide) groups is 1. The van der Waals surface area contributed by atoms with Gasteiger partial charge in [-0.05, 0) is 47.9 Å². The summed E-state index contributed by atoms with van der Waals surface area (Å²) in [6.07, 6.45) is -4.45. The highest BCUT2D eigenvalue weighted by Gasteiger charge is 2.43. The molecular weight excluding hydrogens is 449 g/mol. The molecule has 2 atom stereocenters. The van der Waals surface area contributed by atoms with Gasteiger partial charge in [-0.15, -0.1) is 11.8 Å². The fraction of sp³-hybridized carbons (Fsp3) is 0.364. The molecule has 0 aliphatic carbocycles. The maximum Gasteiger partial charge on any atom is 0.416 e. The number of nitrogens with zero attached hydrogens (tertiary/aromatic N) is 1. The first-order valence-corrected chi connectivity index (χ1v) is 11.2. The molecule has 0 spiro atoms. The van der Waals surface area contributed by atoms with E-state index in [1.165, 1.54) is 28.8 Å². The Hall–Kier alpha value is -2.19. The van der Waals surface area contributed by atoms with Gasteiger partial charge in [0.2, 0.25) is 5.91 Å². The van der Waals surface area contributed by atoms with E-state index >= 15 is 0 Å². The Morgan fingerprint density at radius 3 is 2.29 bits per heavy atom. The van der Waals surface area contributed by atoms with Crippen LogP contribution in [0.25, 0.3) is 0 Å². The Morgan fingerprint density at radius 1 is 1.13 bits per heavy atom. The van der Waals surface area contributed by atoms with Gasteiger partial charge in [-0.3, -0.25) is 9.59 Å². The number of benzene rings is 2. The molecule has 0 bridgehead atoms. The van der Waals surface area contributed by atoms with Gasteiger partial charge in [-0.1, -0.05) is 37.6 Å². The molecule has 166 valence electrons. The molecule has 1 aliphatic rings. The number of carbonyl (C=O) groups excluding carboxylic acids is 2. The molecule has 1 saturated heterocycles. The first kappa shape index (κ1) is 23.5. The zero-order valence-electron chi connectivity index (χ0n) is 16.9. The zero-order valence-corrected chi connectivity index (χ0v) is 18.5. The lowest BCUT2D eigenvalue weighted by Crippen LogP contribution is -2.48. The van der Waals surface area contributed by atoms with Crippen molar-refractivity contribution < 1.29 is 22.8 Å². The first-order valence-electron chi connectivity index (χ1n) is 9.72. The summed E-state index contributed by atoms with van der Waals surface area (Å²) >= 11 is 7.27. The molecular formula is C22H22ClF3N2O2S. The van der Waals surface area contributed by atoms with Gasteiger partial charge in [0.15, 0.2) is 0 Å². The Balaban J connectivity index is 1.92. The van der Waals surface area contributed by atoms with E-state index in [0.717, 1.165) is 12.1 Å². The molecule has 1 heterocycles. The predicted octanol–water partition coefficient (Wildman–Crippen LogP) is 5.39. The summed E-state index contributed by atoms with van der Waals surface area (Å²) in [7, 11) is 0. The SMILES string of the molecule is CC(C)CNC(=O)C1CSC(c2ccc(C(F)(F)F)cc2)N1C(=O)c1ccc(Cl)cc1. The molecule has 4 nitrogen and oxygen atoms in total. The largest absolute Gasteiger partial charge is 0.416 e. The van der Waals surface area contributed by atoms with E-state index in [9.17, 15) is 22.8 Å². The molecule has 2 aromatic carbocycles. The summed E-state index contributed by atoms with van der Waals surface area (Å²) in [6, 6.07) is 10.3. The number of alkyl halides is 3. The normalized spacial score (nSPS) is 19.0. The van der Waals surface area contributed by atoms with Crippen molar-refractivity contribution >= 4 is 35.2 Å². The third kappa shape index (κ3) is 5.54. The molecule has 1 N–H and O–H groups in total. The summed E-state index contributed by atoms with van der Waals surface area (Å²) in [5, 5.41) is 2.74. The minimum atomic E-state index is -4.45. The van der Waals surface area contributed by atoms with Crippen LogP contribution in [0, 0.1) is 5.92 Å². The van der Waals surface area contributed by atoms with E-state index in [1.54, 1.807) is 24.3 Å². The van der Waals surface area contributed by atoms with E-state index < -0.39 is 23.2 Å². The van der Waals surface area contributed by atoms with Crippen LogP contribution in [0.15, 0.2) is 48.5 Å². The highest BCUT2D eigenvalue weighted by atomic mass is 35.5. The van der Waals surface area contributed by atoms with Crippen LogP contribution in [0.3, 0.4) is 0 Å². The Labute approximate surface area is 188 Å². The predicted molar refractivity (Wildman–Crippen MR) is 116 cm³/mol. The summed E-state index contributed by atoms with van der Waals surface area (Å²) in [5.41, 5.74) is 0.117. The first-order chi connectivity index (χ1) is 14.6. The van der Waals surface area contributed by atoms with Crippen molar-refractivity contribution in [2.45, 2.75) is 31.4 Å². The van der Waals surface area contributed by atoms with Crippen molar-refractivity contribution in [2.75, 3.05) is 12.3 Å². The summed E-state index contributed by atoms with van der Waals surface area (Å²) in [5.74, 6) is -0.0760. The molecule has 1 fully saturated rings. The highest BCUT2D eigenvalue weighted by molar-refractivity contribution is 7.99. The van der Waals surface area contributed by atoms with Crippen LogP contribution in [0.5, 0.6) is 0 Å². The molecule has 3 rings (SSSR count). The van der Waals surface area contributed by atoms with Gasteiger partial charge >= 0.3 is 6.18 Å². The number of hydrogen-bond acceptors (Lipinski definition) is 3. The van der Waals surface area contributed by atoms with Gasteiger partial charge in [0, 0.05) is 22.9 Å². The number of amides is 2. The Bertz CT molecular complexity index is 933. The van der Waals surface area contributed by atoms with E-state index in [2.05, 4.69) is 5.32 Å². The molecule has 0 saturated carbocycles. The topological polar surface area (TPSA) is 49.4 Å². The Morgan fingerprint density at radius 2 is 1.74 bits per heavy atom. The van der Waals surface area contributed by atoms with Crippen molar-refractivity contribution in [3.63, 3.8) is 0 Å². The van der Waals surface area contributed by atoms with Gasteiger partial charge in [0.25, 0.3) is 5.91 Å². The second-order valence-electron chi connectivity index (χ2n) is 7.68. The second kappa shape index (κ2) is 9.53. The number of carbonyl (C=O) groups is 2. The van der Waals surface area contributed by atoms with E-state index in [4.69, 9.17) is 11.6 Å². The van der Waals surface area contributed by atoms with Gasteiger partial charge < -0.3 is 10.2 Å². The molecule has 1 aliphatic heterocycles. The molecule has 2 amide bonds. The van der Waals surface area contributed by atoms with E-state index in [0.29, 0.717) is 28.4 Å². The van der Waals surface area contributed by atoms with Crippen LogP contribution < -0.4 is 5.32 Å². The fourth-order valence-electron chi connectivity index (χ4n) is 3.21. The van der Waals surface area contributed by atoms with Crippen LogP contribution in [-0.2, 0) is 11.0 Å². The standard InChI is InChI=1S/C22H22ClF3N2O2S/c1-13(2)11-27-19(29)18-12-31-21(15-3-7-16(8-4-15)22(24,25)26)28(18)20(30)14-5-9-17(23)10-6-14/h3-10,13,18,21H,11-12H2,1-2H3,(H,27,29). The summed E-state index contributed by atoms with van der Waals surface area (Å²) < 4.78 is 38.8. The molecule has 0 radical (unpaired) electrons. The number of rotatable bonds is 5. The highest BCUT2D eigenvalue weighted by Crippen LogP contribution is 2.43. The quantitative estimate of drug-likeness (QED) is 0.637. The van der Waals surface area contributed by atoms with Crippen molar-refractivity contribution in [3.05, 3.63) is 70.2 Å². The van der Waals surface area contributed by atoms with E-state index in [1.807, 2.05) is 13.8 Å². The molecule has 2 aromatic rings. The fourth-order valence-corrected chi connectivity index (χ4v) is 4.77. The van der Waals surface area contributed by atoms with Gasteiger partial charge in [-0.25, -0.2) is 0 Å². The van der Waals surface area contributed by atoms with Crippen LogP contribution in [-0.4, -0.2) is 35.1 Å². The van der Waals surface area contributed by atoms with Gasteiger partial charge in [-0.2, -0.15) is 13.2 Å². The van der Waals surface area contributed by atoms with Crippen LogP contribution >= 0.6 is 23.4 Å². The van der Waals surface area contributed by atoms with E-state index in [-0.39, 0.29) is 17.7 Å². The third-order valence-electron chi connectivity index (χ3n) is 4.84. The minimum Gasteiger partial charge on any atom is -0.354 e. The van der Waals surface area contributed by atoms with Crippen molar-refractivity contribution in [3.8, 4) is 0 Å². The summed E-state index contributed by atoms with van der Waals surface area (Å²) in [4.78, 5) is 27.6. The molecule has 2 unspecified atom stereocenters. The zero-order chi connectivity index (χ0) is 22.8. The van der Waals surface area contributed by atoms with Crippen LogP contribution in [0.4, 0.5) is 13.2 Å². The number of nitrogens with one attached hydrogen (secondary N) is 1. The third-order valence-corrected chi connectivity index (χ3v) is 6.41. The molecule has 9 heteroatoms. The number of halogens is 4. The maximum absolute atomic E-state index is 13.3. The average molecular weight is 471 g/mol. The van der Waals surface area contributed by atoms with Crippen molar-refractivity contribution in [1.82, 2.24) is 10.2 Å². The monoisotopic (exact) mass is 470 g/mol. The number of hydrogen-bond donors (Lipinski definition) is 1.